The number of imidazole rings is 1. The fourth-order valence-corrected chi connectivity index (χ4v) is 5.69. The SMILES string of the molecule is Cc1ncc(Cl)cc1C(=O)N[C@H]1CC[C@H](Cn2c(=O)n(-c3ccc(C4CC4)nc3)c3ccccc32)CC1. The van der Waals surface area contributed by atoms with Gasteiger partial charge >= 0.3 is 5.69 Å². The summed E-state index contributed by atoms with van der Waals surface area (Å²) < 4.78 is 3.70. The largest absolute Gasteiger partial charge is 0.349 e. The number of fused-ring (bicyclic) bond motifs is 1. The summed E-state index contributed by atoms with van der Waals surface area (Å²) in [5, 5.41) is 3.61. The number of rotatable bonds is 6. The number of aryl methyl sites for hydroxylation is 1. The molecule has 2 aliphatic carbocycles. The van der Waals surface area contributed by atoms with Crippen molar-refractivity contribution in [3.63, 3.8) is 0 Å². The second-order valence-corrected chi connectivity index (χ2v) is 10.8. The van der Waals surface area contributed by atoms with Crippen LogP contribution < -0.4 is 11.0 Å². The highest BCUT2D eigenvalue weighted by Crippen LogP contribution is 2.39. The van der Waals surface area contributed by atoms with Crippen molar-refractivity contribution in [3.05, 3.63) is 87.3 Å². The minimum atomic E-state index is -0.128. The molecule has 8 heteroatoms. The number of nitrogens with zero attached hydrogens (tertiary/aromatic N) is 4. The molecule has 4 aromatic rings. The molecule has 37 heavy (non-hydrogen) atoms. The molecule has 0 bridgehead atoms. The van der Waals surface area contributed by atoms with Crippen LogP contribution in [-0.4, -0.2) is 31.1 Å². The normalized spacial score (nSPS) is 19.7. The van der Waals surface area contributed by atoms with Crippen LogP contribution in [0.15, 0.2) is 59.7 Å². The molecule has 3 heterocycles. The van der Waals surface area contributed by atoms with Gasteiger partial charge in [-0.2, -0.15) is 0 Å². The smallest absolute Gasteiger partial charge is 0.333 e. The zero-order valence-corrected chi connectivity index (χ0v) is 21.6. The van der Waals surface area contributed by atoms with Crippen molar-refractivity contribution < 1.29 is 4.79 Å². The average molecular weight is 516 g/mol. The summed E-state index contributed by atoms with van der Waals surface area (Å²) in [5.41, 5.74) is 4.93. The van der Waals surface area contributed by atoms with Gasteiger partial charge in [-0.25, -0.2) is 4.79 Å². The molecule has 2 saturated carbocycles. The minimum absolute atomic E-state index is 0.0264. The van der Waals surface area contributed by atoms with Crippen LogP contribution in [0.4, 0.5) is 0 Å². The van der Waals surface area contributed by atoms with Crippen LogP contribution in [0.3, 0.4) is 0 Å². The Morgan fingerprint density at radius 2 is 1.76 bits per heavy atom. The molecule has 2 fully saturated rings. The monoisotopic (exact) mass is 515 g/mol. The van der Waals surface area contributed by atoms with Gasteiger partial charge in [0.15, 0.2) is 0 Å². The third-order valence-corrected chi connectivity index (χ3v) is 7.99. The van der Waals surface area contributed by atoms with E-state index in [1.165, 1.54) is 12.8 Å². The number of hydrogen-bond acceptors (Lipinski definition) is 4. The van der Waals surface area contributed by atoms with E-state index >= 15 is 0 Å². The minimum Gasteiger partial charge on any atom is -0.349 e. The Morgan fingerprint density at radius 1 is 1.00 bits per heavy atom. The summed E-state index contributed by atoms with van der Waals surface area (Å²) in [5.74, 6) is 0.824. The standard InChI is InChI=1S/C29H30ClN5O2/c1-18-24(14-21(30)15-31-18)28(36)33-22-10-6-19(7-11-22)17-34-26-4-2-3-5-27(26)35(29(34)37)23-12-13-25(32-16-23)20-8-9-20/h2-5,12-16,19-20,22H,6-11,17H2,1H3,(H,33,36)/t19-,22-. The van der Waals surface area contributed by atoms with Crippen molar-refractivity contribution in [1.29, 1.82) is 0 Å². The molecule has 0 radical (unpaired) electrons. The van der Waals surface area contributed by atoms with E-state index in [0.717, 1.165) is 48.1 Å². The zero-order valence-electron chi connectivity index (χ0n) is 20.9. The van der Waals surface area contributed by atoms with Gasteiger partial charge in [0, 0.05) is 30.4 Å². The van der Waals surface area contributed by atoms with E-state index in [0.29, 0.717) is 34.7 Å². The average Bonchev–Trinajstić information content (AvgIpc) is 3.72. The molecule has 3 aromatic heterocycles. The molecule has 190 valence electrons. The Morgan fingerprint density at radius 3 is 2.46 bits per heavy atom. The van der Waals surface area contributed by atoms with Crippen LogP contribution >= 0.6 is 11.6 Å². The Balaban J connectivity index is 1.17. The molecule has 0 atom stereocenters. The maximum atomic E-state index is 13.6. The summed E-state index contributed by atoms with van der Waals surface area (Å²) >= 11 is 6.04. The third kappa shape index (κ3) is 4.80. The lowest BCUT2D eigenvalue weighted by molar-refractivity contribution is 0.0919. The predicted octanol–water partition coefficient (Wildman–Crippen LogP) is 5.41. The van der Waals surface area contributed by atoms with E-state index in [1.54, 1.807) is 16.8 Å². The molecule has 0 aliphatic heterocycles. The number of nitrogens with one attached hydrogen (secondary N) is 1. The number of aromatic nitrogens is 4. The molecule has 1 aromatic carbocycles. The maximum absolute atomic E-state index is 13.6. The van der Waals surface area contributed by atoms with Gasteiger partial charge in [-0.3, -0.25) is 23.9 Å². The van der Waals surface area contributed by atoms with Crippen LogP contribution in [0.2, 0.25) is 5.02 Å². The van der Waals surface area contributed by atoms with Gasteiger partial charge < -0.3 is 5.32 Å². The number of pyridine rings is 2. The second kappa shape index (κ2) is 9.78. The van der Waals surface area contributed by atoms with E-state index in [9.17, 15) is 9.59 Å². The zero-order chi connectivity index (χ0) is 25.5. The second-order valence-electron chi connectivity index (χ2n) is 10.4. The van der Waals surface area contributed by atoms with Crippen molar-refractivity contribution in [1.82, 2.24) is 24.4 Å². The number of para-hydroxylation sites is 2. The molecule has 0 unspecified atom stereocenters. The molecular weight excluding hydrogens is 486 g/mol. The lowest BCUT2D eigenvalue weighted by atomic mass is 9.85. The van der Waals surface area contributed by atoms with Crippen molar-refractivity contribution in [2.45, 2.75) is 64.0 Å². The van der Waals surface area contributed by atoms with Crippen LogP contribution in [-0.2, 0) is 6.54 Å². The van der Waals surface area contributed by atoms with E-state index in [-0.39, 0.29) is 17.6 Å². The Labute approximate surface area is 220 Å². The summed E-state index contributed by atoms with van der Waals surface area (Å²) in [4.78, 5) is 35.3. The summed E-state index contributed by atoms with van der Waals surface area (Å²) in [7, 11) is 0. The number of carbonyl (C=O) groups excluding carboxylic acids is 1. The first-order valence-electron chi connectivity index (χ1n) is 13.1. The summed E-state index contributed by atoms with van der Waals surface area (Å²) in [6, 6.07) is 13.8. The maximum Gasteiger partial charge on any atom is 0.333 e. The van der Waals surface area contributed by atoms with Crippen LogP contribution in [0.25, 0.3) is 16.7 Å². The van der Waals surface area contributed by atoms with Crippen LogP contribution in [0, 0.1) is 12.8 Å². The lowest BCUT2D eigenvalue weighted by Gasteiger charge is -2.29. The molecule has 7 nitrogen and oxygen atoms in total. The van der Waals surface area contributed by atoms with Gasteiger partial charge in [0.2, 0.25) is 0 Å². The van der Waals surface area contributed by atoms with Crippen molar-refractivity contribution in [2.24, 2.45) is 5.92 Å². The van der Waals surface area contributed by atoms with Gasteiger partial charge in [-0.1, -0.05) is 23.7 Å². The fourth-order valence-electron chi connectivity index (χ4n) is 5.53. The first-order valence-corrected chi connectivity index (χ1v) is 13.5. The van der Waals surface area contributed by atoms with Crippen molar-refractivity contribution in [2.75, 3.05) is 0 Å². The lowest BCUT2D eigenvalue weighted by Crippen LogP contribution is -2.39. The predicted molar refractivity (Wildman–Crippen MR) is 145 cm³/mol. The topological polar surface area (TPSA) is 81.8 Å². The molecular formula is C29H30ClN5O2. The highest BCUT2D eigenvalue weighted by molar-refractivity contribution is 6.30. The fraction of sp³-hybridized carbons (Fsp3) is 0.379. The van der Waals surface area contributed by atoms with Gasteiger partial charge in [0.25, 0.3) is 5.91 Å². The number of halogens is 1. The van der Waals surface area contributed by atoms with Gasteiger partial charge in [-0.05, 0) is 81.7 Å². The van der Waals surface area contributed by atoms with E-state index in [1.807, 2.05) is 48.0 Å². The summed E-state index contributed by atoms with van der Waals surface area (Å²) in [6.45, 7) is 2.48. The first-order chi connectivity index (χ1) is 18.0. The van der Waals surface area contributed by atoms with Crippen LogP contribution in [0.5, 0.6) is 0 Å². The number of amides is 1. The molecule has 1 amide bonds. The number of hydrogen-bond donors (Lipinski definition) is 1. The highest BCUT2D eigenvalue weighted by atomic mass is 35.5. The van der Waals surface area contributed by atoms with Crippen LogP contribution in [0.1, 0.15) is 66.2 Å². The third-order valence-electron chi connectivity index (χ3n) is 7.78. The van der Waals surface area contributed by atoms with E-state index in [2.05, 4.69) is 21.4 Å². The molecule has 2 aliphatic rings. The number of benzene rings is 1. The van der Waals surface area contributed by atoms with Crippen molar-refractivity contribution in [3.8, 4) is 5.69 Å². The first kappa shape index (κ1) is 23.9. The summed E-state index contributed by atoms with van der Waals surface area (Å²) in [6.07, 6.45) is 9.44. The Bertz CT molecular complexity index is 1510. The molecule has 0 spiro atoms. The molecule has 6 rings (SSSR count). The van der Waals surface area contributed by atoms with Gasteiger partial charge in [-0.15, -0.1) is 0 Å². The Hall–Kier alpha value is -3.45. The highest BCUT2D eigenvalue weighted by Gasteiger charge is 2.27. The number of carbonyl (C=O) groups is 1. The Kier molecular flexibility index (Phi) is 6.32. The van der Waals surface area contributed by atoms with Gasteiger partial charge in [0.05, 0.1) is 39.2 Å². The molecule has 0 saturated heterocycles. The van der Waals surface area contributed by atoms with Crippen molar-refractivity contribution >= 4 is 28.5 Å². The molecule has 1 N–H and O–H groups in total. The van der Waals surface area contributed by atoms with E-state index < -0.39 is 0 Å². The van der Waals surface area contributed by atoms with E-state index in [4.69, 9.17) is 11.6 Å². The van der Waals surface area contributed by atoms with Gasteiger partial charge in [0.1, 0.15) is 0 Å². The quantitative estimate of drug-likeness (QED) is 0.372.